The molecule has 0 saturated carbocycles. The SMILES string of the molecule is Cc1cc(F)ccc1NS(=O)(=O)c1ccc2[nH]c(=O)oc2c1. The fraction of sp³-hybridized carbons (Fsp3) is 0.0714. The first-order valence-corrected chi connectivity index (χ1v) is 7.75. The molecule has 0 saturated heterocycles. The summed E-state index contributed by atoms with van der Waals surface area (Å²) in [7, 11) is -3.88. The third-order valence-electron chi connectivity index (χ3n) is 3.14. The largest absolute Gasteiger partial charge is 0.417 e. The van der Waals surface area contributed by atoms with Gasteiger partial charge in [0.2, 0.25) is 0 Å². The Morgan fingerprint density at radius 3 is 2.68 bits per heavy atom. The summed E-state index contributed by atoms with van der Waals surface area (Å²) in [5.74, 6) is -1.11. The van der Waals surface area contributed by atoms with Crippen LogP contribution in [-0.2, 0) is 10.0 Å². The highest BCUT2D eigenvalue weighted by atomic mass is 32.2. The van der Waals surface area contributed by atoms with Gasteiger partial charge in [0, 0.05) is 6.07 Å². The van der Waals surface area contributed by atoms with Crippen LogP contribution in [0, 0.1) is 12.7 Å². The smallest absolute Gasteiger partial charge is 0.408 e. The number of nitrogens with one attached hydrogen (secondary N) is 2. The number of halogens is 1. The van der Waals surface area contributed by atoms with Crippen LogP contribution < -0.4 is 10.5 Å². The van der Waals surface area contributed by atoms with Gasteiger partial charge < -0.3 is 4.42 Å². The molecule has 0 atom stereocenters. The number of H-pyrrole nitrogens is 1. The maximum Gasteiger partial charge on any atom is 0.417 e. The van der Waals surface area contributed by atoms with E-state index in [2.05, 4.69) is 9.71 Å². The van der Waals surface area contributed by atoms with Crippen molar-refractivity contribution in [3.63, 3.8) is 0 Å². The highest BCUT2D eigenvalue weighted by molar-refractivity contribution is 7.92. The van der Waals surface area contributed by atoms with Gasteiger partial charge in [-0.25, -0.2) is 17.6 Å². The number of hydrogen-bond acceptors (Lipinski definition) is 4. The Morgan fingerprint density at radius 1 is 1.18 bits per heavy atom. The molecule has 0 spiro atoms. The van der Waals surface area contributed by atoms with Gasteiger partial charge in [0.25, 0.3) is 10.0 Å². The molecule has 8 heteroatoms. The van der Waals surface area contributed by atoms with Crippen molar-refractivity contribution in [3.8, 4) is 0 Å². The summed E-state index contributed by atoms with van der Waals surface area (Å²) in [5, 5.41) is 0. The van der Waals surface area contributed by atoms with Crippen molar-refractivity contribution < 1.29 is 17.2 Å². The number of aryl methyl sites for hydroxylation is 1. The van der Waals surface area contributed by atoms with E-state index in [0.29, 0.717) is 11.1 Å². The van der Waals surface area contributed by atoms with Crippen molar-refractivity contribution in [2.24, 2.45) is 0 Å². The molecule has 3 aromatic rings. The maximum absolute atomic E-state index is 13.1. The standard InChI is InChI=1S/C14H11FN2O4S/c1-8-6-9(15)2-4-11(8)17-22(19,20)10-3-5-12-13(7-10)21-14(18)16-12/h2-7,17H,1H3,(H,16,18). The molecule has 0 bridgehead atoms. The molecule has 0 fully saturated rings. The van der Waals surface area contributed by atoms with Gasteiger partial charge in [-0.3, -0.25) is 9.71 Å². The Balaban J connectivity index is 2.01. The summed E-state index contributed by atoms with van der Waals surface area (Å²) >= 11 is 0. The predicted octanol–water partition coefficient (Wildman–Crippen LogP) is 2.37. The molecule has 0 radical (unpaired) electrons. The van der Waals surface area contributed by atoms with E-state index in [1.807, 2.05) is 0 Å². The van der Waals surface area contributed by atoms with E-state index >= 15 is 0 Å². The summed E-state index contributed by atoms with van der Waals surface area (Å²) < 4.78 is 45.0. The molecular formula is C14H11FN2O4S. The van der Waals surface area contributed by atoms with Crippen LogP contribution >= 0.6 is 0 Å². The van der Waals surface area contributed by atoms with Crippen molar-refractivity contribution in [2.75, 3.05) is 4.72 Å². The van der Waals surface area contributed by atoms with Crippen LogP contribution in [0.4, 0.5) is 10.1 Å². The van der Waals surface area contributed by atoms with Gasteiger partial charge in [0.1, 0.15) is 5.82 Å². The zero-order valence-corrected chi connectivity index (χ0v) is 12.2. The first-order chi connectivity index (χ1) is 10.3. The number of aromatic amines is 1. The molecule has 0 aliphatic heterocycles. The second-order valence-electron chi connectivity index (χ2n) is 4.74. The van der Waals surface area contributed by atoms with Crippen LogP contribution in [0.3, 0.4) is 0 Å². The topological polar surface area (TPSA) is 92.2 Å². The highest BCUT2D eigenvalue weighted by Crippen LogP contribution is 2.22. The molecule has 0 aliphatic rings. The lowest BCUT2D eigenvalue weighted by molar-refractivity contribution is 0.554. The van der Waals surface area contributed by atoms with E-state index < -0.39 is 21.6 Å². The van der Waals surface area contributed by atoms with E-state index in [1.165, 1.54) is 36.4 Å². The Morgan fingerprint density at radius 2 is 1.95 bits per heavy atom. The van der Waals surface area contributed by atoms with Gasteiger partial charge in [0.15, 0.2) is 5.58 Å². The Kier molecular flexibility index (Phi) is 3.25. The lowest BCUT2D eigenvalue weighted by atomic mass is 10.2. The number of anilines is 1. The van der Waals surface area contributed by atoms with Gasteiger partial charge in [-0.15, -0.1) is 0 Å². The normalized spacial score (nSPS) is 11.7. The monoisotopic (exact) mass is 322 g/mol. The summed E-state index contributed by atoms with van der Waals surface area (Å²) in [4.78, 5) is 13.5. The van der Waals surface area contributed by atoms with Gasteiger partial charge in [-0.1, -0.05) is 0 Å². The number of fused-ring (bicyclic) bond motifs is 1. The van der Waals surface area contributed by atoms with Crippen LogP contribution in [0.5, 0.6) is 0 Å². The molecule has 3 rings (SSSR count). The molecule has 6 nitrogen and oxygen atoms in total. The van der Waals surface area contributed by atoms with Gasteiger partial charge in [0.05, 0.1) is 16.1 Å². The number of benzene rings is 2. The van der Waals surface area contributed by atoms with E-state index in [-0.39, 0.29) is 16.2 Å². The zero-order chi connectivity index (χ0) is 15.9. The van der Waals surface area contributed by atoms with Crippen molar-refractivity contribution in [3.05, 3.63) is 58.3 Å². The first-order valence-electron chi connectivity index (χ1n) is 6.27. The van der Waals surface area contributed by atoms with E-state index in [4.69, 9.17) is 4.42 Å². The average molecular weight is 322 g/mol. The van der Waals surface area contributed by atoms with Crippen LogP contribution in [0.1, 0.15) is 5.56 Å². The molecule has 1 aromatic heterocycles. The maximum atomic E-state index is 13.1. The quantitative estimate of drug-likeness (QED) is 0.774. The fourth-order valence-corrected chi connectivity index (χ4v) is 3.18. The van der Waals surface area contributed by atoms with Crippen LogP contribution in [-0.4, -0.2) is 13.4 Å². The molecule has 114 valence electrons. The number of rotatable bonds is 3. The zero-order valence-electron chi connectivity index (χ0n) is 11.4. The Bertz CT molecular complexity index is 1020. The van der Waals surface area contributed by atoms with Crippen molar-refractivity contribution in [1.82, 2.24) is 4.98 Å². The molecular weight excluding hydrogens is 311 g/mol. The van der Waals surface area contributed by atoms with Gasteiger partial charge in [-0.05, 0) is 42.8 Å². The second-order valence-corrected chi connectivity index (χ2v) is 6.42. The minimum Gasteiger partial charge on any atom is -0.408 e. The fourth-order valence-electron chi connectivity index (χ4n) is 2.04. The number of aromatic nitrogens is 1. The van der Waals surface area contributed by atoms with Gasteiger partial charge >= 0.3 is 5.76 Å². The summed E-state index contributed by atoms with van der Waals surface area (Å²) in [5.41, 5.74) is 1.28. The van der Waals surface area contributed by atoms with Crippen molar-refractivity contribution in [2.45, 2.75) is 11.8 Å². The predicted molar refractivity (Wildman–Crippen MR) is 78.8 cm³/mol. The molecule has 0 aliphatic carbocycles. The van der Waals surface area contributed by atoms with Crippen molar-refractivity contribution >= 4 is 26.8 Å². The number of sulfonamides is 1. The summed E-state index contributed by atoms with van der Waals surface area (Å²) in [6.45, 7) is 1.59. The molecule has 22 heavy (non-hydrogen) atoms. The summed E-state index contributed by atoms with van der Waals surface area (Å²) in [6, 6.07) is 7.76. The molecule has 0 amide bonds. The minimum atomic E-state index is -3.88. The van der Waals surface area contributed by atoms with E-state index in [1.54, 1.807) is 6.92 Å². The van der Waals surface area contributed by atoms with Crippen LogP contribution in [0.2, 0.25) is 0 Å². The lowest BCUT2D eigenvalue weighted by Gasteiger charge is -2.10. The number of oxazole rings is 1. The highest BCUT2D eigenvalue weighted by Gasteiger charge is 2.17. The molecule has 2 aromatic carbocycles. The molecule has 2 N–H and O–H groups in total. The van der Waals surface area contributed by atoms with E-state index in [9.17, 15) is 17.6 Å². The molecule has 1 heterocycles. The van der Waals surface area contributed by atoms with Crippen LogP contribution in [0.25, 0.3) is 11.1 Å². The van der Waals surface area contributed by atoms with Crippen LogP contribution in [0.15, 0.2) is 50.5 Å². The Hall–Kier alpha value is -2.61. The van der Waals surface area contributed by atoms with Gasteiger partial charge in [-0.2, -0.15) is 0 Å². The molecule has 0 unspecified atom stereocenters. The van der Waals surface area contributed by atoms with E-state index in [0.717, 1.165) is 0 Å². The minimum absolute atomic E-state index is 0.0634. The average Bonchev–Trinajstić information content (AvgIpc) is 2.81. The first kappa shape index (κ1) is 14.3. The lowest BCUT2D eigenvalue weighted by Crippen LogP contribution is -2.13. The second kappa shape index (κ2) is 4.99. The van der Waals surface area contributed by atoms with Crippen molar-refractivity contribution in [1.29, 1.82) is 0 Å². The third-order valence-corrected chi connectivity index (χ3v) is 4.50. The summed E-state index contributed by atoms with van der Waals surface area (Å²) in [6.07, 6.45) is 0. The Labute approximate surface area is 124 Å². The third kappa shape index (κ3) is 2.60. The number of hydrogen-bond donors (Lipinski definition) is 2.